The SMILES string of the molecule is O=C(O)NC1CCOc2c(C(=O)Nc3ccc(F)c(F)c3)cccc21. The van der Waals surface area contributed by atoms with Gasteiger partial charge in [-0.3, -0.25) is 4.79 Å². The number of nitrogens with one attached hydrogen (secondary N) is 2. The molecule has 1 aliphatic rings. The fraction of sp³-hybridized carbons (Fsp3) is 0.176. The molecule has 25 heavy (non-hydrogen) atoms. The molecule has 3 N–H and O–H groups in total. The van der Waals surface area contributed by atoms with Crippen molar-refractivity contribution >= 4 is 17.7 Å². The third-order valence-electron chi connectivity index (χ3n) is 3.79. The van der Waals surface area contributed by atoms with Gasteiger partial charge in [0.25, 0.3) is 5.91 Å². The van der Waals surface area contributed by atoms with Crippen LogP contribution < -0.4 is 15.4 Å². The molecule has 8 heteroatoms. The largest absolute Gasteiger partial charge is 0.492 e. The highest BCUT2D eigenvalue weighted by Crippen LogP contribution is 2.35. The first-order valence-corrected chi connectivity index (χ1v) is 7.47. The smallest absolute Gasteiger partial charge is 0.405 e. The van der Waals surface area contributed by atoms with Crippen LogP contribution in [0.4, 0.5) is 19.3 Å². The molecule has 0 radical (unpaired) electrons. The van der Waals surface area contributed by atoms with Gasteiger partial charge in [0.15, 0.2) is 11.6 Å². The Hall–Kier alpha value is -3.16. The van der Waals surface area contributed by atoms with E-state index in [0.717, 1.165) is 12.1 Å². The number of hydrogen-bond donors (Lipinski definition) is 3. The maximum Gasteiger partial charge on any atom is 0.405 e. The molecule has 0 bridgehead atoms. The number of anilines is 1. The summed E-state index contributed by atoms with van der Waals surface area (Å²) in [4.78, 5) is 23.4. The first-order chi connectivity index (χ1) is 12.0. The summed E-state index contributed by atoms with van der Waals surface area (Å²) in [6.45, 7) is 0.243. The lowest BCUT2D eigenvalue weighted by Gasteiger charge is -2.27. The summed E-state index contributed by atoms with van der Waals surface area (Å²) in [6.07, 6.45) is -0.734. The van der Waals surface area contributed by atoms with Gasteiger partial charge in [-0.2, -0.15) is 0 Å². The van der Waals surface area contributed by atoms with Crippen LogP contribution in [0.1, 0.15) is 28.4 Å². The summed E-state index contributed by atoms with van der Waals surface area (Å²) in [5.41, 5.74) is 0.822. The van der Waals surface area contributed by atoms with Crippen LogP contribution in [0.5, 0.6) is 5.75 Å². The number of carbonyl (C=O) groups excluding carboxylic acids is 1. The molecule has 2 aromatic rings. The average Bonchev–Trinajstić information content (AvgIpc) is 2.57. The van der Waals surface area contributed by atoms with E-state index in [0.29, 0.717) is 12.0 Å². The highest BCUT2D eigenvalue weighted by Gasteiger charge is 2.27. The maximum absolute atomic E-state index is 13.3. The zero-order valence-corrected chi connectivity index (χ0v) is 12.9. The second-order valence-electron chi connectivity index (χ2n) is 5.45. The number of fused-ring (bicyclic) bond motifs is 1. The predicted octanol–water partition coefficient (Wildman–Crippen LogP) is 3.31. The second-order valence-corrected chi connectivity index (χ2v) is 5.45. The molecular formula is C17H14F2N2O4. The van der Waals surface area contributed by atoms with Gasteiger partial charge in [-0.15, -0.1) is 0 Å². The molecule has 0 aromatic heterocycles. The van der Waals surface area contributed by atoms with E-state index in [1.807, 2.05) is 0 Å². The molecular weight excluding hydrogens is 334 g/mol. The van der Waals surface area contributed by atoms with E-state index in [2.05, 4.69) is 10.6 Å². The number of benzene rings is 2. The zero-order valence-electron chi connectivity index (χ0n) is 12.9. The van der Waals surface area contributed by atoms with Crippen LogP contribution >= 0.6 is 0 Å². The normalized spacial score (nSPS) is 15.7. The van der Waals surface area contributed by atoms with Crippen LogP contribution in [0.2, 0.25) is 0 Å². The molecule has 1 heterocycles. The van der Waals surface area contributed by atoms with E-state index in [9.17, 15) is 18.4 Å². The predicted molar refractivity (Wildman–Crippen MR) is 84.8 cm³/mol. The van der Waals surface area contributed by atoms with Crippen molar-refractivity contribution in [1.29, 1.82) is 0 Å². The van der Waals surface area contributed by atoms with E-state index in [1.165, 1.54) is 12.1 Å². The third kappa shape index (κ3) is 3.52. The number of para-hydroxylation sites is 1. The molecule has 6 nitrogen and oxygen atoms in total. The lowest BCUT2D eigenvalue weighted by Crippen LogP contribution is -2.31. The molecule has 1 atom stereocenters. The number of carboxylic acid groups (broad SMARTS) is 1. The third-order valence-corrected chi connectivity index (χ3v) is 3.79. The Morgan fingerprint density at radius 1 is 1.16 bits per heavy atom. The van der Waals surface area contributed by atoms with Crippen molar-refractivity contribution in [3.63, 3.8) is 0 Å². The van der Waals surface area contributed by atoms with E-state index in [4.69, 9.17) is 9.84 Å². The van der Waals surface area contributed by atoms with Gasteiger partial charge < -0.3 is 20.5 Å². The first-order valence-electron chi connectivity index (χ1n) is 7.47. The molecule has 130 valence electrons. The number of rotatable bonds is 3. The van der Waals surface area contributed by atoms with E-state index in [-0.39, 0.29) is 23.6 Å². The van der Waals surface area contributed by atoms with Gasteiger partial charge in [-0.05, 0) is 18.2 Å². The number of carbonyl (C=O) groups is 2. The molecule has 3 rings (SSSR count). The Balaban J connectivity index is 1.88. The average molecular weight is 348 g/mol. The standard InChI is InChI=1S/C17H14F2N2O4/c18-12-5-4-9(8-13(12)19)20-16(22)11-3-1-2-10-14(21-17(23)24)6-7-25-15(10)11/h1-5,8,14,21H,6-7H2,(H,20,22)(H,23,24). The van der Waals surface area contributed by atoms with Gasteiger partial charge in [0.1, 0.15) is 5.75 Å². The molecule has 0 fully saturated rings. The van der Waals surface area contributed by atoms with Crippen molar-refractivity contribution in [2.75, 3.05) is 11.9 Å². The van der Waals surface area contributed by atoms with Crippen LogP contribution in [-0.4, -0.2) is 23.7 Å². The fourth-order valence-corrected chi connectivity index (χ4v) is 2.67. The molecule has 0 aliphatic carbocycles. The quantitative estimate of drug-likeness (QED) is 0.794. The van der Waals surface area contributed by atoms with Crippen LogP contribution in [0.3, 0.4) is 0 Å². The molecule has 0 saturated heterocycles. The van der Waals surface area contributed by atoms with Gasteiger partial charge >= 0.3 is 6.09 Å². The molecule has 2 amide bonds. The number of halogens is 2. The molecule has 0 saturated carbocycles. The minimum absolute atomic E-state index is 0.0949. The minimum Gasteiger partial charge on any atom is -0.492 e. The summed E-state index contributed by atoms with van der Waals surface area (Å²) in [7, 11) is 0. The minimum atomic E-state index is -1.17. The van der Waals surface area contributed by atoms with Crippen molar-refractivity contribution in [3.05, 3.63) is 59.2 Å². The van der Waals surface area contributed by atoms with Crippen molar-refractivity contribution in [3.8, 4) is 5.75 Å². The Morgan fingerprint density at radius 3 is 2.68 bits per heavy atom. The van der Waals surface area contributed by atoms with Crippen LogP contribution in [0.15, 0.2) is 36.4 Å². The van der Waals surface area contributed by atoms with Gasteiger partial charge in [-0.25, -0.2) is 13.6 Å². The Labute approximate surface area is 141 Å². The van der Waals surface area contributed by atoms with Gasteiger partial charge in [-0.1, -0.05) is 12.1 Å². The van der Waals surface area contributed by atoms with Crippen LogP contribution in [0.25, 0.3) is 0 Å². The van der Waals surface area contributed by atoms with Crippen molar-refractivity contribution < 1.29 is 28.2 Å². The first kappa shape index (κ1) is 16.7. The lowest BCUT2D eigenvalue weighted by molar-refractivity contribution is 0.102. The Morgan fingerprint density at radius 2 is 1.96 bits per heavy atom. The summed E-state index contributed by atoms with van der Waals surface area (Å²) < 4.78 is 31.8. The van der Waals surface area contributed by atoms with Gasteiger partial charge in [0.2, 0.25) is 0 Å². The summed E-state index contributed by atoms with van der Waals surface area (Å²) >= 11 is 0. The van der Waals surface area contributed by atoms with Crippen LogP contribution in [0, 0.1) is 11.6 Å². The molecule has 0 spiro atoms. The van der Waals surface area contributed by atoms with E-state index >= 15 is 0 Å². The molecule has 2 aromatic carbocycles. The molecule has 1 aliphatic heterocycles. The number of ether oxygens (including phenoxy) is 1. The highest BCUT2D eigenvalue weighted by molar-refractivity contribution is 6.06. The van der Waals surface area contributed by atoms with Crippen molar-refractivity contribution in [2.45, 2.75) is 12.5 Å². The van der Waals surface area contributed by atoms with Crippen molar-refractivity contribution in [2.24, 2.45) is 0 Å². The highest BCUT2D eigenvalue weighted by atomic mass is 19.2. The van der Waals surface area contributed by atoms with E-state index < -0.39 is 29.7 Å². The van der Waals surface area contributed by atoms with Gasteiger partial charge in [0.05, 0.1) is 18.2 Å². The lowest BCUT2D eigenvalue weighted by atomic mass is 9.97. The fourth-order valence-electron chi connectivity index (χ4n) is 2.67. The Bertz CT molecular complexity index is 841. The van der Waals surface area contributed by atoms with E-state index in [1.54, 1.807) is 12.1 Å². The monoisotopic (exact) mass is 348 g/mol. The Kier molecular flexibility index (Phi) is 4.51. The summed E-state index contributed by atoms with van der Waals surface area (Å²) in [5.74, 6) is -2.39. The summed E-state index contributed by atoms with van der Waals surface area (Å²) in [6, 6.07) is 7.32. The zero-order chi connectivity index (χ0) is 18.0. The van der Waals surface area contributed by atoms with Crippen molar-refractivity contribution in [1.82, 2.24) is 5.32 Å². The molecule has 1 unspecified atom stereocenters. The van der Waals surface area contributed by atoms with Gasteiger partial charge in [0, 0.05) is 23.7 Å². The topological polar surface area (TPSA) is 87.7 Å². The van der Waals surface area contributed by atoms with Crippen LogP contribution in [-0.2, 0) is 0 Å². The number of hydrogen-bond acceptors (Lipinski definition) is 3. The maximum atomic E-state index is 13.3. The second kappa shape index (κ2) is 6.76. The summed E-state index contributed by atoms with van der Waals surface area (Å²) in [5, 5.41) is 13.8. The number of amides is 2.